The van der Waals surface area contributed by atoms with E-state index in [-0.39, 0.29) is 18.9 Å². The molecule has 0 saturated heterocycles. The molecule has 5 atom stereocenters. The number of benzene rings is 1. The minimum Gasteiger partial charge on any atom is -0.480 e. The number of carboxylic acid groups (broad SMARTS) is 1. The number of carboxylic acids is 1. The second-order valence-corrected chi connectivity index (χ2v) is 7.45. The molecule has 0 heterocycles. The van der Waals surface area contributed by atoms with Gasteiger partial charge in [-0.25, -0.2) is 4.79 Å². The topological polar surface area (TPSA) is 171 Å². The largest absolute Gasteiger partial charge is 0.480 e. The number of aliphatic hydroxyl groups is 1. The Kier molecular flexibility index (Phi) is 10.6. The van der Waals surface area contributed by atoms with Gasteiger partial charge in [-0.15, -0.1) is 0 Å². The van der Waals surface area contributed by atoms with Crippen molar-refractivity contribution in [2.24, 2.45) is 11.7 Å². The summed E-state index contributed by atoms with van der Waals surface area (Å²) in [5.41, 5.74) is 5.99. The fourth-order valence-corrected chi connectivity index (χ4v) is 2.90. The van der Waals surface area contributed by atoms with Gasteiger partial charge >= 0.3 is 5.97 Å². The molecule has 0 fully saturated rings. The molecule has 1 aromatic rings. The molecule has 0 aliphatic rings. The van der Waals surface area contributed by atoms with E-state index < -0.39 is 47.9 Å². The molecule has 0 radical (unpaired) electrons. The maximum absolute atomic E-state index is 12.9. The Morgan fingerprint density at radius 1 is 0.968 bits per heavy atom. The number of nitrogens with two attached hydrogens (primary N) is 1. The van der Waals surface area contributed by atoms with E-state index in [9.17, 15) is 29.4 Å². The standard InChI is InChI=1S/C21H32N4O6/c1-4-12(2)17(21(30)31)25-19(28)15(10-14-8-6-5-7-9-14)23-20(29)18(13(3)26)24-16(27)11-22/h5-9,12-13,15,17-18,26H,4,10-11,22H2,1-3H3,(H,23,29)(H,24,27)(H,25,28)(H,30,31). The van der Waals surface area contributed by atoms with Crippen LogP contribution in [0.15, 0.2) is 30.3 Å². The Morgan fingerprint density at radius 3 is 2.06 bits per heavy atom. The van der Waals surface area contributed by atoms with E-state index in [1.165, 1.54) is 6.92 Å². The number of aliphatic carboxylic acids is 1. The van der Waals surface area contributed by atoms with Crippen molar-refractivity contribution in [3.8, 4) is 0 Å². The highest BCUT2D eigenvalue weighted by molar-refractivity contribution is 5.94. The molecule has 0 saturated carbocycles. The van der Waals surface area contributed by atoms with Crippen LogP contribution in [0.2, 0.25) is 0 Å². The molecule has 0 aliphatic carbocycles. The number of carbonyl (C=O) groups excluding carboxylic acids is 3. The smallest absolute Gasteiger partial charge is 0.326 e. The van der Waals surface area contributed by atoms with Crippen LogP contribution in [-0.2, 0) is 25.6 Å². The van der Waals surface area contributed by atoms with Gasteiger partial charge in [0.25, 0.3) is 0 Å². The van der Waals surface area contributed by atoms with Gasteiger partial charge in [-0.2, -0.15) is 0 Å². The van der Waals surface area contributed by atoms with Crippen LogP contribution in [0.5, 0.6) is 0 Å². The van der Waals surface area contributed by atoms with Crippen LogP contribution in [0.4, 0.5) is 0 Å². The number of rotatable bonds is 12. The predicted molar refractivity (Wildman–Crippen MR) is 114 cm³/mol. The summed E-state index contributed by atoms with van der Waals surface area (Å²) < 4.78 is 0. The molecule has 7 N–H and O–H groups in total. The summed E-state index contributed by atoms with van der Waals surface area (Å²) in [6.07, 6.45) is -0.632. The zero-order chi connectivity index (χ0) is 23.6. The zero-order valence-electron chi connectivity index (χ0n) is 18.0. The van der Waals surface area contributed by atoms with Crippen molar-refractivity contribution >= 4 is 23.7 Å². The molecule has 5 unspecified atom stereocenters. The first-order valence-corrected chi connectivity index (χ1v) is 10.2. The second kappa shape index (κ2) is 12.7. The van der Waals surface area contributed by atoms with E-state index in [0.717, 1.165) is 5.56 Å². The Bertz CT molecular complexity index is 755. The normalized spacial score (nSPS) is 15.6. The first-order chi connectivity index (χ1) is 14.6. The first-order valence-electron chi connectivity index (χ1n) is 10.2. The molecule has 31 heavy (non-hydrogen) atoms. The average Bonchev–Trinajstić information content (AvgIpc) is 2.74. The highest BCUT2D eigenvalue weighted by Crippen LogP contribution is 2.10. The lowest BCUT2D eigenvalue weighted by molar-refractivity contribution is -0.144. The third kappa shape index (κ3) is 8.35. The van der Waals surface area contributed by atoms with Crippen molar-refractivity contribution in [3.63, 3.8) is 0 Å². The third-order valence-corrected chi connectivity index (χ3v) is 4.96. The number of carbonyl (C=O) groups is 4. The summed E-state index contributed by atoms with van der Waals surface area (Å²) in [5.74, 6) is -3.62. The lowest BCUT2D eigenvalue weighted by atomic mass is 9.98. The van der Waals surface area contributed by atoms with Crippen LogP contribution in [0.25, 0.3) is 0 Å². The van der Waals surface area contributed by atoms with Gasteiger partial charge in [0, 0.05) is 6.42 Å². The van der Waals surface area contributed by atoms with Gasteiger partial charge in [0.15, 0.2) is 0 Å². The predicted octanol–water partition coefficient (Wildman–Crippen LogP) is -0.846. The van der Waals surface area contributed by atoms with E-state index in [0.29, 0.717) is 6.42 Å². The van der Waals surface area contributed by atoms with Crippen molar-refractivity contribution in [1.82, 2.24) is 16.0 Å². The molecule has 0 bridgehead atoms. The summed E-state index contributed by atoms with van der Waals surface area (Å²) in [6.45, 7) is 4.45. The van der Waals surface area contributed by atoms with Gasteiger partial charge in [-0.1, -0.05) is 50.6 Å². The van der Waals surface area contributed by atoms with Gasteiger partial charge in [0.05, 0.1) is 12.6 Å². The van der Waals surface area contributed by atoms with Gasteiger partial charge in [0.2, 0.25) is 17.7 Å². The fraction of sp³-hybridized carbons (Fsp3) is 0.524. The highest BCUT2D eigenvalue weighted by Gasteiger charge is 2.32. The van der Waals surface area contributed by atoms with Crippen LogP contribution < -0.4 is 21.7 Å². The lowest BCUT2D eigenvalue weighted by Gasteiger charge is -2.27. The van der Waals surface area contributed by atoms with Crippen molar-refractivity contribution < 1.29 is 29.4 Å². The molecular formula is C21H32N4O6. The molecule has 0 spiro atoms. The van der Waals surface area contributed by atoms with Crippen molar-refractivity contribution in [2.45, 2.75) is 57.8 Å². The van der Waals surface area contributed by atoms with Gasteiger partial charge in [0.1, 0.15) is 18.1 Å². The van der Waals surface area contributed by atoms with Crippen LogP contribution >= 0.6 is 0 Å². The van der Waals surface area contributed by atoms with Crippen LogP contribution in [0.3, 0.4) is 0 Å². The van der Waals surface area contributed by atoms with Gasteiger partial charge in [-0.05, 0) is 18.4 Å². The Morgan fingerprint density at radius 2 is 1.58 bits per heavy atom. The van der Waals surface area contributed by atoms with Gasteiger partial charge in [-0.3, -0.25) is 14.4 Å². The average molecular weight is 437 g/mol. The minimum absolute atomic E-state index is 0.0859. The summed E-state index contributed by atoms with van der Waals surface area (Å²) in [7, 11) is 0. The van der Waals surface area contributed by atoms with E-state index in [2.05, 4.69) is 16.0 Å². The monoisotopic (exact) mass is 436 g/mol. The maximum Gasteiger partial charge on any atom is 0.326 e. The number of hydrogen-bond acceptors (Lipinski definition) is 6. The summed E-state index contributed by atoms with van der Waals surface area (Å²) in [4.78, 5) is 48.9. The molecular weight excluding hydrogens is 404 g/mol. The Labute approximate surface area is 181 Å². The lowest BCUT2D eigenvalue weighted by Crippen LogP contribution is -2.59. The number of aliphatic hydroxyl groups excluding tert-OH is 1. The minimum atomic E-state index is -1.33. The molecule has 0 aromatic heterocycles. The Hall–Kier alpha value is -2.98. The van der Waals surface area contributed by atoms with Crippen LogP contribution in [0, 0.1) is 5.92 Å². The van der Waals surface area contributed by atoms with E-state index >= 15 is 0 Å². The quantitative estimate of drug-likeness (QED) is 0.248. The van der Waals surface area contributed by atoms with Crippen molar-refractivity contribution in [3.05, 3.63) is 35.9 Å². The second-order valence-electron chi connectivity index (χ2n) is 7.45. The third-order valence-electron chi connectivity index (χ3n) is 4.96. The van der Waals surface area contributed by atoms with Gasteiger partial charge < -0.3 is 31.9 Å². The fourth-order valence-electron chi connectivity index (χ4n) is 2.90. The number of hydrogen-bond donors (Lipinski definition) is 6. The molecule has 10 nitrogen and oxygen atoms in total. The summed E-state index contributed by atoms with van der Waals surface area (Å²) in [5, 5.41) is 26.7. The van der Waals surface area contributed by atoms with Crippen molar-refractivity contribution in [2.75, 3.05) is 6.54 Å². The van der Waals surface area contributed by atoms with Crippen LogP contribution in [-0.4, -0.2) is 64.7 Å². The molecule has 3 amide bonds. The molecule has 1 rings (SSSR count). The summed E-state index contributed by atoms with van der Waals surface area (Å²) in [6, 6.07) is 5.28. The number of amides is 3. The highest BCUT2D eigenvalue weighted by atomic mass is 16.4. The zero-order valence-corrected chi connectivity index (χ0v) is 18.0. The maximum atomic E-state index is 12.9. The van der Waals surface area contributed by atoms with E-state index in [1.807, 2.05) is 6.92 Å². The molecule has 10 heteroatoms. The SMILES string of the molecule is CCC(C)C(NC(=O)C(Cc1ccccc1)NC(=O)C(NC(=O)CN)C(C)O)C(=O)O. The Balaban J connectivity index is 3.09. The number of nitrogens with one attached hydrogen (secondary N) is 3. The van der Waals surface area contributed by atoms with Crippen LogP contribution in [0.1, 0.15) is 32.8 Å². The molecule has 0 aliphatic heterocycles. The van der Waals surface area contributed by atoms with Crippen molar-refractivity contribution in [1.29, 1.82) is 0 Å². The van der Waals surface area contributed by atoms with E-state index in [4.69, 9.17) is 5.73 Å². The molecule has 1 aromatic carbocycles. The first kappa shape index (κ1) is 26.1. The molecule has 172 valence electrons. The van der Waals surface area contributed by atoms with E-state index in [1.54, 1.807) is 37.3 Å². The summed E-state index contributed by atoms with van der Waals surface area (Å²) >= 11 is 0.